The maximum atomic E-state index is 3.68. The Bertz CT molecular complexity index is 306. The Hall–Kier alpha value is -0.860. The molecule has 102 valence electrons. The molecule has 0 aliphatic carbocycles. The normalized spacial score (nSPS) is 13.2. The van der Waals surface area contributed by atoms with Crippen LogP contribution in [0.2, 0.25) is 0 Å². The smallest absolute Gasteiger partial charge is 0.0217 e. The van der Waals surface area contributed by atoms with Gasteiger partial charge in [0, 0.05) is 12.6 Å². The summed E-state index contributed by atoms with van der Waals surface area (Å²) in [7, 11) is 4.28. The van der Waals surface area contributed by atoms with Gasteiger partial charge in [0.1, 0.15) is 0 Å². The first kappa shape index (κ1) is 15.2. The minimum Gasteiger partial charge on any atom is -0.312 e. The largest absolute Gasteiger partial charge is 0.312 e. The van der Waals surface area contributed by atoms with E-state index in [9.17, 15) is 0 Å². The molecule has 0 spiro atoms. The van der Waals surface area contributed by atoms with Crippen LogP contribution >= 0.6 is 0 Å². The van der Waals surface area contributed by atoms with Gasteiger partial charge < -0.3 is 10.2 Å². The number of rotatable bonds is 8. The first-order valence-electron chi connectivity index (χ1n) is 7.01. The third-order valence-corrected chi connectivity index (χ3v) is 3.26. The van der Waals surface area contributed by atoms with E-state index in [0.29, 0.717) is 12.0 Å². The first-order chi connectivity index (χ1) is 8.59. The van der Waals surface area contributed by atoms with Crippen molar-refractivity contribution in [2.24, 2.45) is 5.92 Å². The Morgan fingerprint density at radius 2 is 1.78 bits per heavy atom. The number of nitrogens with zero attached hydrogens (tertiary/aromatic N) is 1. The molecule has 2 nitrogen and oxygen atoms in total. The van der Waals surface area contributed by atoms with Crippen LogP contribution in [0, 0.1) is 5.92 Å². The van der Waals surface area contributed by atoms with Crippen LogP contribution < -0.4 is 5.32 Å². The fourth-order valence-electron chi connectivity index (χ4n) is 2.13. The topological polar surface area (TPSA) is 15.3 Å². The van der Waals surface area contributed by atoms with Gasteiger partial charge in [-0.2, -0.15) is 0 Å². The number of benzene rings is 1. The molecule has 1 N–H and O–H groups in total. The van der Waals surface area contributed by atoms with Crippen LogP contribution in [0.3, 0.4) is 0 Å². The molecule has 0 aliphatic heterocycles. The quantitative estimate of drug-likeness (QED) is 0.712. The average Bonchev–Trinajstić information content (AvgIpc) is 2.33. The van der Waals surface area contributed by atoms with Gasteiger partial charge in [0.2, 0.25) is 0 Å². The van der Waals surface area contributed by atoms with E-state index in [0.717, 1.165) is 13.1 Å². The third-order valence-electron chi connectivity index (χ3n) is 3.26. The number of hydrogen-bond acceptors (Lipinski definition) is 2. The maximum Gasteiger partial charge on any atom is 0.0217 e. The van der Waals surface area contributed by atoms with Gasteiger partial charge >= 0.3 is 0 Å². The standard InChI is InChI=1S/C16H28N2/c1-14(2)16(13-18(3)4)17-12-8-11-15-9-6-5-7-10-15/h5-7,9-10,14,16-17H,8,11-13H2,1-4H3. The molecule has 0 bridgehead atoms. The number of nitrogens with one attached hydrogen (secondary N) is 1. The van der Waals surface area contributed by atoms with E-state index < -0.39 is 0 Å². The van der Waals surface area contributed by atoms with Crippen LogP contribution in [-0.4, -0.2) is 38.1 Å². The molecule has 18 heavy (non-hydrogen) atoms. The van der Waals surface area contributed by atoms with Gasteiger partial charge in [-0.15, -0.1) is 0 Å². The van der Waals surface area contributed by atoms with E-state index in [1.165, 1.54) is 18.4 Å². The highest BCUT2D eigenvalue weighted by molar-refractivity contribution is 5.14. The van der Waals surface area contributed by atoms with Crippen molar-refractivity contribution < 1.29 is 0 Å². The van der Waals surface area contributed by atoms with Gasteiger partial charge in [0.05, 0.1) is 0 Å². The molecule has 1 unspecified atom stereocenters. The van der Waals surface area contributed by atoms with Gasteiger partial charge in [-0.1, -0.05) is 44.2 Å². The van der Waals surface area contributed by atoms with Crippen molar-refractivity contribution in [3.05, 3.63) is 35.9 Å². The van der Waals surface area contributed by atoms with Crippen LogP contribution in [-0.2, 0) is 6.42 Å². The Balaban J connectivity index is 2.23. The first-order valence-corrected chi connectivity index (χ1v) is 7.01. The summed E-state index contributed by atoms with van der Waals surface area (Å²) in [5.74, 6) is 0.684. The monoisotopic (exact) mass is 248 g/mol. The van der Waals surface area contributed by atoms with Gasteiger partial charge in [0.25, 0.3) is 0 Å². The van der Waals surface area contributed by atoms with Gasteiger partial charge in [-0.25, -0.2) is 0 Å². The van der Waals surface area contributed by atoms with Crippen LogP contribution in [0.25, 0.3) is 0 Å². The van der Waals surface area contributed by atoms with Crippen molar-refractivity contribution in [3.8, 4) is 0 Å². The molecule has 1 aromatic carbocycles. The summed E-state index contributed by atoms with van der Waals surface area (Å²) < 4.78 is 0. The Morgan fingerprint density at radius 3 is 2.33 bits per heavy atom. The second-order valence-corrected chi connectivity index (χ2v) is 5.66. The zero-order valence-electron chi connectivity index (χ0n) is 12.3. The van der Waals surface area contributed by atoms with Crippen molar-refractivity contribution in [1.82, 2.24) is 10.2 Å². The average molecular weight is 248 g/mol. The molecule has 1 rings (SSSR count). The van der Waals surface area contributed by atoms with Crippen molar-refractivity contribution in [2.45, 2.75) is 32.7 Å². The second-order valence-electron chi connectivity index (χ2n) is 5.66. The minimum absolute atomic E-state index is 0.593. The summed E-state index contributed by atoms with van der Waals surface area (Å²) in [5, 5.41) is 3.68. The lowest BCUT2D eigenvalue weighted by molar-refractivity contribution is 0.289. The number of aryl methyl sites for hydroxylation is 1. The molecule has 0 aliphatic rings. The Kier molecular flexibility index (Phi) is 6.99. The predicted octanol–water partition coefficient (Wildman–Crippen LogP) is 2.80. The van der Waals surface area contributed by atoms with E-state index in [1.807, 2.05) is 0 Å². The minimum atomic E-state index is 0.593. The van der Waals surface area contributed by atoms with E-state index in [1.54, 1.807) is 0 Å². The second kappa shape index (κ2) is 8.28. The van der Waals surface area contributed by atoms with Gasteiger partial charge in [-0.05, 0) is 45.0 Å². The zero-order valence-corrected chi connectivity index (χ0v) is 12.3. The SMILES string of the molecule is CC(C)C(CN(C)C)NCCCc1ccccc1. The van der Waals surface area contributed by atoms with Crippen molar-refractivity contribution in [3.63, 3.8) is 0 Å². The molecule has 0 aromatic heterocycles. The van der Waals surface area contributed by atoms with E-state index in [-0.39, 0.29) is 0 Å². The molecular formula is C16H28N2. The van der Waals surface area contributed by atoms with Crippen molar-refractivity contribution in [1.29, 1.82) is 0 Å². The molecular weight excluding hydrogens is 220 g/mol. The summed E-state index contributed by atoms with van der Waals surface area (Å²) in [5.41, 5.74) is 1.44. The Labute approximate surface area is 112 Å². The highest BCUT2D eigenvalue weighted by Gasteiger charge is 2.12. The lowest BCUT2D eigenvalue weighted by Crippen LogP contribution is -2.42. The highest BCUT2D eigenvalue weighted by atomic mass is 15.1. The van der Waals surface area contributed by atoms with Gasteiger partial charge in [-0.3, -0.25) is 0 Å². The molecule has 1 aromatic rings. The fraction of sp³-hybridized carbons (Fsp3) is 0.625. The van der Waals surface area contributed by atoms with E-state index in [4.69, 9.17) is 0 Å². The lowest BCUT2D eigenvalue weighted by Gasteiger charge is -2.25. The zero-order chi connectivity index (χ0) is 13.4. The van der Waals surface area contributed by atoms with Crippen molar-refractivity contribution in [2.75, 3.05) is 27.2 Å². The summed E-state index contributed by atoms with van der Waals surface area (Å²) in [6, 6.07) is 11.3. The van der Waals surface area contributed by atoms with Crippen LogP contribution in [0.5, 0.6) is 0 Å². The number of hydrogen-bond donors (Lipinski definition) is 1. The summed E-state index contributed by atoms with van der Waals surface area (Å²) in [6.45, 7) is 6.80. The molecule has 2 heteroatoms. The molecule has 1 atom stereocenters. The van der Waals surface area contributed by atoms with E-state index in [2.05, 4.69) is 68.5 Å². The third kappa shape index (κ3) is 6.18. The van der Waals surface area contributed by atoms with E-state index >= 15 is 0 Å². The molecule has 0 fully saturated rings. The number of likely N-dealkylation sites (N-methyl/N-ethyl adjacent to an activating group) is 1. The van der Waals surface area contributed by atoms with Crippen LogP contribution in [0.15, 0.2) is 30.3 Å². The molecule has 0 saturated heterocycles. The van der Waals surface area contributed by atoms with Gasteiger partial charge in [0.15, 0.2) is 0 Å². The lowest BCUT2D eigenvalue weighted by atomic mass is 10.0. The van der Waals surface area contributed by atoms with Crippen LogP contribution in [0.4, 0.5) is 0 Å². The molecule has 0 radical (unpaired) electrons. The summed E-state index contributed by atoms with van der Waals surface area (Å²) in [6.07, 6.45) is 2.38. The maximum absolute atomic E-state index is 3.68. The van der Waals surface area contributed by atoms with Crippen LogP contribution in [0.1, 0.15) is 25.8 Å². The molecule has 0 saturated carbocycles. The Morgan fingerprint density at radius 1 is 1.11 bits per heavy atom. The van der Waals surface area contributed by atoms with Crippen molar-refractivity contribution >= 4 is 0 Å². The molecule has 0 heterocycles. The molecule has 0 amide bonds. The fourth-order valence-corrected chi connectivity index (χ4v) is 2.13. The predicted molar refractivity (Wildman–Crippen MR) is 79.9 cm³/mol. The summed E-state index contributed by atoms with van der Waals surface area (Å²) in [4.78, 5) is 2.26. The summed E-state index contributed by atoms with van der Waals surface area (Å²) >= 11 is 0. The highest BCUT2D eigenvalue weighted by Crippen LogP contribution is 2.05.